The smallest absolute Gasteiger partial charge is 0.307 e. The fourth-order valence-corrected chi connectivity index (χ4v) is 3.90. The number of esters is 1. The summed E-state index contributed by atoms with van der Waals surface area (Å²) in [6, 6.07) is 14.1. The Kier molecular flexibility index (Phi) is 6.12. The number of aryl methyl sites for hydroxylation is 2. The highest BCUT2D eigenvalue weighted by molar-refractivity contribution is 7.91. The highest BCUT2D eigenvalue weighted by Gasteiger charge is 2.22. The maximum Gasteiger partial charge on any atom is 0.307 e. The molecule has 3 rings (SSSR count). The monoisotopic (exact) mass is 414 g/mol. The zero-order chi connectivity index (χ0) is 21.0. The van der Waals surface area contributed by atoms with E-state index in [-0.39, 0.29) is 23.0 Å². The van der Waals surface area contributed by atoms with E-state index in [4.69, 9.17) is 9.15 Å². The second-order valence-corrected chi connectivity index (χ2v) is 8.94. The molecule has 0 aliphatic rings. The predicted octanol–water partition coefficient (Wildman–Crippen LogP) is 3.82. The quantitative estimate of drug-likeness (QED) is 0.542. The van der Waals surface area contributed by atoms with E-state index < -0.39 is 21.9 Å². The molecule has 0 aliphatic heterocycles. The summed E-state index contributed by atoms with van der Waals surface area (Å²) < 4.78 is 35.5. The fraction of sp³-hybridized carbons (Fsp3) is 0.286. The van der Waals surface area contributed by atoms with E-state index in [0.29, 0.717) is 5.89 Å². The van der Waals surface area contributed by atoms with Crippen LogP contribution in [0.2, 0.25) is 0 Å². The molecule has 0 fully saturated rings. The van der Waals surface area contributed by atoms with Crippen LogP contribution in [0.25, 0.3) is 11.5 Å². The van der Waals surface area contributed by atoms with Gasteiger partial charge in [-0.05, 0) is 45.0 Å². The zero-order valence-corrected chi connectivity index (χ0v) is 17.3. The number of carbonyl (C=O) groups excluding carboxylic acids is 1. The van der Waals surface area contributed by atoms with E-state index in [9.17, 15) is 13.2 Å². The summed E-state index contributed by atoms with van der Waals surface area (Å²) in [5.41, 5.74) is 2.78. The van der Waals surface area contributed by atoms with E-state index in [1.165, 1.54) is 12.1 Å². The van der Waals surface area contributed by atoms with Gasteiger partial charge in [-0.15, -0.1) is 10.2 Å². The van der Waals surface area contributed by atoms with Gasteiger partial charge < -0.3 is 9.15 Å². The number of hydrogen-bond donors (Lipinski definition) is 0. The molecule has 2 aromatic carbocycles. The lowest BCUT2D eigenvalue weighted by Crippen LogP contribution is -2.15. The molecule has 0 amide bonds. The van der Waals surface area contributed by atoms with Crippen molar-refractivity contribution in [3.05, 3.63) is 65.5 Å². The molecule has 0 bridgehead atoms. The molecule has 0 N–H and O–H groups in total. The minimum atomic E-state index is -3.56. The normalized spacial score (nSPS) is 12.5. The van der Waals surface area contributed by atoms with Crippen LogP contribution in [0, 0.1) is 13.8 Å². The lowest BCUT2D eigenvalue weighted by atomic mass is 10.1. The number of aromatic nitrogens is 2. The van der Waals surface area contributed by atoms with Crippen molar-refractivity contribution in [3.63, 3.8) is 0 Å². The van der Waals surface area contributed by atoms with Gasteiger partial charge in [-0.2, -0.15) is 0 Å². The molecule has 0 unspecified atom stereocenters. The maximum atomic E-state index is 12.3. The van der Waals surface area contributed by atoms with E-state index in [1.807, 2.05) is 38.1 Å². The Labute approximate surface area is 169 Å². The van der Waals surface area contributed by atoms with Gasteiger partial charge in [-0.25, -0.2) is 8.42 Å². The molecule has 1 heterocycles. The van der Waals surface area contributed by atoms with Gasteiger partial charge in [0.05, 0.1) is 17.1 Å². The van der Waals surface area contributed by atoms with E-state index >= 15 is 0 Å². The molecule has 1 aromatic heterocycles. The molecular formula is C21H22N2O5S. The van der Waals surface area contributed by atoms with E-state index in [0.717, 1.165) is 16.7 Å². The third-order valence-electron chi connectivity index (χ3n) is 4.32. The number of benzene rings is 2. The standard InChI is InChI=1S/C21H22N2O5S/c1-14-7-9-18(10-8-14)29(25,26)12-11-19(24)27-16(3)20-22-23-21(28-20)17-6-4-5-15(2)13-17/h4-10,13,16H,11-12H2,1-3H3/t16-/m1/s1. The molecule has 0 spiro atoms. The van der Waals surface area contributed by atoms with Crippen molar-refractivity contribution < 1.29 is 22.4 Å². The molecule has 8 heteroatoms. The average Bonchev–Trinajstić information content (AvgIpc) is 3.17. The minimum Gasteiger partial charge on any atom is -0.453 e. The van der Waals surface area contributed by atoms with Crippen LogP contribution in [0.1, 0.15) is 36.5 Å². The van der Waals surface area contributed by atoms with Crippen LogP contribution in [-0.4, -0.2) is 30.3 Å². The molecule has 7 nitrogen and oxygen atoms in total. The molecule has 152 valence electrons. The van der Waals surface area contributed by atoms with Crippen LogP contribution in [0.4, 0.5) is 0 Å². The van der Waals surface area contributed by atoms with Gasteiger partial charge in [0.2, 0.25) is 5.89 Å². The largest absolute Gasteiger partial charge is 0.453 e. The number of hydrogen-bond acceptors (Lipinski definition) is 7. The van der Waals surface area contributed by atoms with Gasteiger partial charge in [0, 0.05) is 5.56 Å². The van der Waals surface area contributed by atoms with E-state index in [1.54, 1.807) is 19.1 Å². The summed E-state index contributed by atoms with van der Waals surface area (Å²) in [5.74, 6) is -0.506. The molecule has 0 aliphatic carbocycles. The van der Waals surface area contributed by atoms with Crippen LogP contribution >= 0.6 is 0 Å². The summed E-state index contributed by atoms with van der Waals surface area (Å²) in [6.07, 6.45) is -1.05. The van der Waals surface area contributed by atoms with Crippen LogP contribution in [0.5, 0.6) is 0 Å². The highest BCUT2D eigenvalue weighted by Crippen LogP contribution is 2.23. The van der Waals surface area contributed by atoms with Crippen LogP contribution in [0.15, 0.2) is 57.8 Å². The number of ether oxygens (including phenoxy) is 1. The fourth-order valence-electron chi connectivity index (χ4n) is 2.68. The Morgan fingerprint density at radius 1 is 1.07 bits per heavy atom. The number of nitrogens with zero attached hydrogens (tertiary/aromatic N) is 2. The van der Waals surface area contributed by atoms with Crippen molar-refractivity contribution >= 4 is 15.8 Å². The molecule has 0 saturated heterocycles. The second-order valence-electron chi connectivity index (χ2n) is 6.83. The topological polar surface area (TPSA) is 99.4 Å². The van der Waals surface area contributed by atoms with Gasteiger partial charge in [-0.1, -0.05) is 35.4 Å². The maximum absolute atomic E-state index is 12.3. The third-order valence-corrected chi connectivity index (χ3v) is 6.05. The SMILES string of the molecule is Cc1ccc(S(=O)(=O)CCC(=O)O[C@H](C)c2nnc(-c3cccc(C)c3)o2)cc1. The summed E-state index contributed by atoms with van der Waals surface area (Å²) >= 11 is 0. The second kappa shape index (κ2) is 8.57. The summed E-state index contributed by atoms with van der Waals surface area (Å²) in [5, 5.41) is 7.91. The lowest BCUT2D eigenvalue weighted by molar-refractivity contribution is -0.149. The number of rotatable bonds is 7. The van der Waals surface area contributed by atoms with Gasteiger partial charge in [-0.3, -0.25) is 4.79 Å². The van der Waals surface area contributed by atoms with Crippen LogP contribution in [-0.2, 0) is 19.4 Å². The first kappa shape index (κ1) is 20.7. The lowest BCUT2D eigenvalue weighted by Gasteiger charge is -2.10. The van der Waals surface area contributed by atoms with Gasteiger partial charge in [0.25, 0.3) is 5.89 Å². The van der Waals surface area contributed by atoms with Crippen molar-refractivity contribution in [2.75, 3.05) is 5.75 Å². The van der Waals surface area contributed by atoms with Gasteiger partial charge in [0.1, 0.15) is 0 Å². The van der Waals surface area contributed by atoms with E-state index in [2.05, 4.69) is 10.2 Å². The van der Waals surface area contributed by atoms with Crippen molar-refractivity contribution in [3.8, 4) is 11.5 Å². The van der Waals surface area contributed by atoms with Crippen molar-refractivity contribution in [2.45, 2.75) is 38.2 Å². The first-order valence-electron chi connectivity index (χ1n) is 9.14. The molecule has 29 heavy (non-hydrogen) atoms. The summed E-state index contributed by atoms with van der Waals surface area (Å²) in [4.78, 5) is 12.3. The molecule has 1 atom stereocenters. The van der Waals surface area contributed by atoms with Crippen LogP contribution in [0.3, 0.4) is 0 Å². The summed E-state index contributed by atoms with van der Waals surface area (Å²) in [7, 11) is -3.56. The van der Waals surface area contributed by atoms with Crippen LogP contribution < -0.4 is 0 Å². The van der Waals surface area contributed by atoms with Crippen molar-refractivity contribution in [2.24, 2.45) is 0 Å². The number of sulfone groups is 1. The first-order chi connectivity index (χ1) is 13.7. The third kappa shape index (κ3) is 5.29. The minimum absolute atomic E-state index is 0.149. The average molecular weight is 414 g/mol. The Bertz CT molecular complexity index is 1100. The Hall–Kier alpha value is -3.00. The van der Waals surface area contributed by atoms with Gasteiger partial charge >= 0.3 is 5.97 Å². The van der Waals surface area contributed by atoms with Gasteiger partial charge in [0.15, 0.2) is 15.9 Å². The van der Waals surface area contributed by atoms with Crippen molar-refractivity contribution in [1.29, 1.82) is 0 Å². The molecule has 0 radical (unpaired) electrons. The molecular weight excluding hydrogens is 392 g/mol. The highest BCUT2D eigenvalue weighted by atomic mass is 32.2. The predicted molar refractivity (Wildman–Crippen MR) is 107 cm³/mol. The molecule has 3 aromatic rings. The Balaban J connectivity index is 1.59. The first-order valence-corrected chi connectivity index (χ1v) is 10.8. The Morgan fingerprint density at radius 2 is 1.79 bits per heavy atom. The summed E-state index contributed by atoms with van der Waals surface area (Å²) in [6.45, 7) is 5.42. The molecule has 0 saturated carbocycles. The zero-order valence-electron chi connectivity index (χ0n) is 16.5. The Morgan fingerprint density at radius 3 is 2.48 bits per heavy atom. The van der Waals surface area contributed by atoms with Crippen molar-refractivity contribution in [1.82, 2.24) is 10.2 Å². The number of carbonyl (C=O) groups is 1.